The zero-order valence-corrected chi connectivity index (χ0v) is 7.44. The van der Waals surface area contributed by atoms with Crippen molar-refractivity contribution in [2.24, 2.45) is 0 Å². The fourth-order valence-corrected chi connectivity index (χ4v) is 1.18. The molecule has 2 rings (SSSR count). The van der Waals surface area contributed by atoms with E-state index in [1.807, 2.05) is 19.1 Å². The Balaban J connectivity index is 2.54. The van der Waals surface area contributed by atoms with Crippen LogP contribution >= 0.6 is 0 Å². The van der Waals surface area contributed by atoms with Crippen LogP contribution in [-0.4, -0.2) is 10.4 Å². The van der Waals surface area contributed by atoms with Gasteiger partial charge in [-0.2, -0.15) is 0 Å². The van der Waals surface area contributed by atoms with Gasteiger partial charge < -0.3 is 5.21 Å². The molecule has 0 amide bonds. The van der Waals surface area contributed by atoms with Crippen molar-refractivity contribution in [2.75, 3.05) is 0 Å². The summed E-state index contributed by atoms with van der Waals surface area (Å²) in [5.41, 5.74) is 1.48. The number of aromatic nitrogens is 2. The van der Waals surface area contributed by atoms with Crippen LogP contribution in [0, 0.1) is 12.9 Å². The van der Waals surface area contributed by atoms with E-state index in [1.54, 1.807) is 12.1 Å². The lowest BCUT2D eigenvalue weighted by atomic mass is 10.1. The topological polar surface area (TPSA) is 50.1 Å². The summed E-state index contributed by atoms with van der Waals surface area (Å²) in [5, 5.41) is 12.1. The highest BCUT2D eigenvalue weighted by Gasteiger charge is 2.26. The van der Waals surface area contributed by atoms with Crippen LogP contribution in [0.1, 0.15) is 5.56 Å². The fourth-order valence-electron chi connectivity index (χ4n) is 1.18. The number of rotatable bonds is 1. The molecule has 1 N–H and O–H groups in total. The Kier molecular flexibility index (Phi) is 1.92. The van der Waals surface area contributed by atoms with E-state index in [0.29, 0.717) is 10.5 Å². The molecule has 0 radical (unpaired) electrons. The molecular weight excluding hydrogens is 187 g/mol. The third kappa shape index (κ3) is 1.32. The zero-order valence-electron chi connectivity index (χ0n) is 7.44. The highest BCUT2D eigenvalue weighted by molar-refractivity contribution is 5.55. The molecule has 1 aromatic carbocycles. The van der Waals surface area contributed by atoms with E-state index in [2.05, 4.69) is 9.79 Å². The van der Waals surface area contributed by atoms with Gasteiger partial charge in [-0.05, 0) is 23.7 Å². The highest BCUT2D eigenvalue weighted by Crippen LogP contribution is 2.17. The van der Waals surface area contributed by atoms with E-state index in [0.717, 1.165) is 5.56 Å². The van der Waals surface area contributed by atoms with Crippen LogP contribution in [-0.2, 0) is 0 Å². The van der Waals surface area contributed by atoms with Crippen LogP contribution in [0.15, 0.2) is 28.9 Å². The van der Waals surface area contributed by atoms with Gasteiger partial charge in [-0.25, -0.2) is 0 Å². The minimum absolute atomic E-state index is 0.0787. The Morgan fingerprint density at radius 1 is 1.36 bits per heavy atom. The number of halogens is 1. The minimum atomic E-state index is -0.837. The largest absolute Gasteiger partial charge is 0.425 e. The van der Waals surface area contributed by atoms with Gasteiger partial charge in [0.15, 0.2) is 0 Å². The van der Waals surface area contributed by atoms with Crippen LogP contribution in [0.3, 0.4) is 0 Å². The molecule has 0 aliphatic carbocycles. The molecule has 72 valence electrons. The van der Waals surface area contributed by atoms with Crippen molar-refractivity contribution in [1.82, 2.24) is 5.16 Å². The van der Waals surface area contributed by atoms with Crippen LogP contribution in [0.25, 0.3) is 11.3 Å². The number of nitrogens with zero attached hydrogens (tertiary/aromatic N) is 2. The van der Waals surface area contributed by atoms with Crippen molar-refractivity contribution in [3.63, 3.8) is 0 Å². The van der Waals surface area contributed by atoms with Crippen molar-refractivity contribution in [1.29, 1.82) is 0 Å². The molecule has 1 heterocycles. The van der Waals surface area contributed by atoms with Gasteiger partial charge in [0.2, 0.25) is 5.16 Å². The highest BCUT2D eigenvalue weighted by atomic mass is 19.1. The normalized spacial score (nSPS) is 10.4. The van der Waals surface area contributed by atoms with Crippen LogP contribution in [0.4, 0.5) is 4.39 Å². The first kappa shape index (κ1) is 8.68. The van der Waals surface area contributed by atoms with Gasteiger partial charge in [0.05, 0.1) is 0 Å². The third-order valence-electron chi connectivity index (χ3n) is 1.91. The van der Waals surface area contributed by atoms with Gasteiger partial charge >= 0.3 is 11.6 Å². The molecular formula is C9H8FN2O2+. The lowest BCUT2D eigenvalue weighted by molar-refractivity contribution is -1.03. The zero-order chi connectivity index (χ0) is 10.1. The second kappa shape index (κ2) is 3.10. The summed E-state index contributed by atoms with van der Waals surface area (Å²) in [6.07, 6.45) is 0. The second-order valence-electron chi connectivity index (χ2n) is 2.95. The maximum Gasteiger partial charge on any atom is 0.425 e. The first-order chi connectivity index (χ1) is 6.68. The maximum atomic E-state index is 13.0. The number of aryl methyl sites for hydroxylation is 1. The molecule has 0 bridgehead atoms. The third-order valence-corrected chi connectivity index (χ3v) is 1.91. The van der Waals surface area contributed by atoms with Crippen molar-refractivity contribution in [3.05, 3.63) is 35.8 Å². The summed E-state index contributed by atoms with van der Waals surface area (Å²) >= 11 is 0. The average molecular weight is 195 g/mol. The van der Waals surface area contributed by atoms with E-state index in [9.17, 15) is 4.39 Å². The Labute approximate surface area is 79.1 Å². The molecule has 5 heteroatoms. The van der Waals surface area contributed by atoms with Crippen molar-refractivity contribution < 1.29 is 19.1 Å². The van der Waals surface area contributed by atoms with E-state index >= 15 is 0 Å². The molecule has 4 nitrogen and oxygen atoms in total. The first-order valence-electron chi connectivity index (χ1n) is 4.02. The predicted octanol–water partition coefficient (Wildman–Crippen LogP) is 1.31. The lowest BCUT2D eigenvalue weighted by Crippen LogP contribution is -2.29. The monoisotopic (exact) mass is 195 g/mol. The molecule has 0 unspecified atom stereocenters. The van der Waals surface area contributed by atoms with Crippen LogP contribution in [0.5, 0.6) is 0 Å². The number of benzene rings is 1. The lowest BCUT2D eigenvalue weighted by Gasteiger charge is -1.93. The molecule has 0 atom stereocenters. The SMILES string of the molecule is Cc1ccc(-c2c(F)no[n+]2O)cc1. The molecule has 0 aliphatic heterocycles. The summed E-state index contributed by atoms with van der Waals surface area (Å²) in [4.78, 5) is 0.306. The molecule has 0 fully saturated rings. The molecule has 0 aliphatic rings. The second-order valence-corrected chi connectivity index (χ2v) is 2.95. The van der Waals surface area contributed by atoms with Crippen LogP contribution in [0.2, 0.25) is 0 Å². The maximum absolute atomic E-state index is 13.0. The standard InChI is InChI=1S/C9H8FN2O2/c1-6-2-4-7(5-3-6)8-9(10)11-14-12(8)13/h2-5,13H,1H3/q+1. The van der Waals surface area contributed by atoms with Gasteiger partial charge in [0, 0.05) is 5.56 Å². The number of hydrogen-bond donors (Lipinski definition) is 1. The van der Waals surface area contributed by atoms with Crippen molar-refractivity contribution in [2.45, 2.75) is 6.92 Å². The quantitative estimate of drug-likeness (QED) is 0.698. The smallest absolute Gasteiger partial charge is 0.316 e. The van der Waals surface area contributed by atoms with E-state index in [1.165, 1.54) is 0 Å². The Morgan fingerprint density at radius 2 is 2.00 bits per heavy atom. The molecule has 1 aromatic heterocycles. The Hall–Kier alpha value is -1.91. The summed E-state index contributed by atoms with van der Waals surface area (Å²) in [6, 6.07) is 6.97. The summed E-state index contributed by atoms with van der Waals surface area (Å²) < 4.78 is 17.2. The summed E-state index contributed by atoms with van der Waals surface area (Å²) in [6.45, 7) is 1.92. The van der Waals surface area contributed by atoms with E-state index in [4.69, 9.17) is 5.21 Å². The van der Waals surface area contributed by atoms with E-state index in [-0.39, 0.29) is 5.69 Å². The molecule has 0 spiro atoms. The first-order valence-corrected chi connectivity index (χ1v) is 4.02. The number of hydrogen-bond acceptors (Lipinski definition) is 3. The summed E-state index contributed by atoms with van der Waals surface area (Å²) in [7, 11) is 0. The van der Waals surface area contributed by atoms with Crippen molar-refractivity contribution in [3.8, 4) is 11.3 Å². The fraction of sp³-hybridized carbons (Fsp3) is 0.111. The molecule has 2 aromatic rings. The van der Waals surface area contributed by atoms with Crippen molar-refractivity contribution >= 4 is 0 Å². The summed E-state index contributed by atoms with van der Waals surface area (Å²) in [5.74, 6) is -0.837. The molecule has 14 heavy (non-hydrogen) atoms. The minimum Gasteiger partial charge on any atom is -0.316 e. The van der Waals surface area contributed by atoms with Crippen LogP contribution < -0.4 is 4.90 Å². The average Bonchev–Trinajstić information content (AvgIpc) is 2.49. The van der Waals surface area contributed by atoms with Gasteiger partial charge in [0.1, 0.15) is 4.90 Å². The van der Waals surface area contributed by atoms with Gasteiger partial charge in [0.25, 0.3) is 0 Å². The molecule has 0 saturated carbocycles. The van der Waals surface area contributed by atoms with Gasteiger partial charge in [-0.1, -0.05) is 17.7 Å². The van der Waals surface area contributed by atoms with Gasteiger partial charge in [-0.3, -0.25) is 0 Å². The van der Waals surface area contributed by atoms with E-state index < -0.39 is 5.95 Å². The van der Waals surface area contributed by atoms with Gasteiger partial charge in [-0.15, -0.1) is 4.39 Å². The Morgan fingerprint density at radius 3 is 2.50 bits per heavy atom. The predicted molar refractivity (Wildman–Crippen MR) is 44.0 cm³/mol. The molecule has 0 saturated heterocycles. The Bertz CT molecular complexity index is 431.